The van der Waals surface area contributed by atoms with Crippen molar-refractivity contribution in [2.24, 2.45) is 0 Å². The molecule has 1 saturated carbocycles. The molecule has 1 N–H and O–H groups in total. The number of rotatable bonds is 7. The predicted molar refractivity (Wildman–Crippen MR) is 105 cm³/mol. The minimum Gasteiger partial charge on any atom is -0.388 e. The average molecular weight is 512 g/mol. The molecule has 34 heavy (non-hydrogen) atoms. The van der Waals surface area contributed by atoms with Gasteiger partial charge in [-0.05, 0) is 13.0 Å². The average Bonchev–Trinajstić information content (AvgIpc) is 2.73. The number of aromatic nitrogens is 3. The first kappa shape index (κ1) is 25.5. The number of hydrogen-bond acceptors (Lipinski definition) is 6. The molecule has 2 aromatic heterocycles. The second-order valence-electron chi connectivity index (χ2n) is 7.51. The van der Waals surface area contributed by atoms with Crippen LogP contribution in [0.2, 0.25) is 0 Å². The normalized spacial score (nSPS) is 18.2. The smallest absolute Gasteiger partial charge is 0.388 e. The van der Waals surface area contributed by atoms with E-state index in [0.29, 0.717) is 4.90 Å². The molecule has 0 aliphatic heterocycles. The molecule has 0 saturated heterocycles. The molecule has 184 valence electrons. The zero-order valence-corrected chi connectivity index (χ0v) is 17.9. The molecular formula is C19H16ClF6N5O3. The number of nitrogens with one attached hydrogen (secondary N) is 1. The minimum absolute atomic E-state index is 0.0696. The number of anilines is 1. The fourth-order valence-electron chi connectivity index (χ4n) is 3.39. The lowest BCUT2D eigenvalue weighted by Crippen LogP contribution is -2.62. The highest BCUT2D eigenvalue weighted by Gasteiger charge is 2.51. The number of halogens is 7. The summed E-state index contributed by atoms with van der Waals surface area (Å²) in [6.45, 7) is 1.15. The largest absolute Gasteiger partial charge is 0.574 e. The molecule has 8 nitrogen and oxygen atoms in total. The van der Waals surface area contributed by atoms with Crippen molar-refractivity contribution in [1.82, 2.24) is 20.3 Å². The molecule has 2 amide bonds. The highest BCUT2D eigenvalue weighted by atomic mass is 35.5. The van der Waals surface area contributed by atoms with Gasteiger partial charge in [-0.2, -0.15) is 0 Å². The fraction of sp³-hybridized carbons (Fsp3) is 0.421. The van der Waals surface area contributed by atoms with E-state index in [1.54, 1.807) is 0 Å². The summed E-state index contributed by atoms with van der Waals surface area (Å²) >= 11 is 5.36. The first-order valence-electron chi connectivity index (χ1n) is 9.51. The van der Waals surface area contributed by atoms with Crippen LogP contribution in [0.15, 0.2) is 37.1 Å². The van der Waals surface area contributed by atoms with E-state index in [0.717, 1.165) is 44.0 Å². The van der Waals surface area contributed by atoms with Crippen molar-refractivity contribution in [3.05, 3.63) is 42.6 Å². The Labute approximate surface area is 193 Å². The number of amides is 2. The maximum absolute atomic E-state index is 14.0. The number of hydrogen-bond donors (Lipinski definition) is 1. The van der Waals surface area contributed by atoms with Gasteiger partial charge in [0.05, 0.1) is 11.9 Å². The van der Waals surface area contributed by atoms with Crippen LogP contribution in [0.5, 0.6) is 5.88 Å². The van der Waals surface area contributed by atoms with E-state index in [1.807, 2.05) is 0 Å². The Morgan fingerprint density at radius 1 is 1.21 bits per heavy atom. The topological polar surface area (TPSA) is 97.3 Å². The van der Waals surface area contributed by atoms with Gasteiger partial charge in [-0.15, -0.1) is 13.2 Å². The van der Waals surface area contributed by atoms with Crippen LogP contribution in [-0.4, -0.2) is 50.7 Å². The first-order valence-corrected chi connectivity index (χ1v) is 9.95. The molecule has 2 heterocycles. The summed E-state index contributed by atoms with van der Waals surface area (Å²) in [5.41, 5.74) is -5.27. The van der Waals surface area contributed by atoms with Gasteiger partial charge in [0.25, 0.3) is 23.4 Å². The molecular weight excluding hydrogens is 496 g/mol. The Morgan fingerprint density at radius 3 is 2.29 bits per heavy atom. The SMILES string of the molecule is C[C@@](C(=O)NC1CC(F)(F)C1)(c1cncnc1)N(C(=O)[C@H](F)Cl)c1ccc(OC(F)(F)F)nc1. The van der Waals surface area contributed by atoms with E-state index < -0.39 is 60.0 Å². The Kier molecular flexibility index (Phi) is 6.92. The van der Waals surface area contributed by atoms with Crippen molar-refractivity contribution in [2.45, 2.75) is 49.3 Å². The summed E-state index contributed by atoms with van der Waals surface area (Å²) in [5, 5.41) is 2.37. The van der Waals surface area contributed by atoms with E-state index in [-0.39, 0.29) is 11.3 Å². The quantitative estimate of drug-likeness (QED) is 0.452. The molecule has 0 aromatic carbocycles. The number of carbonyl (C=O) groups is 2. The van der Waals surface area contributed by atoms with Crippen LogP contribution in [0.4, 0.5) is 32.0 Å². The number of ether oxygens (including phenoxy) is 1. The highest BCUT2D eigenvalue weighted by Crippen LogP contribution is 2.40. The lowest BCUT2D eigenvalue weighted by atomic mass is 9.85. The molecule has 0 unspecified atom stereocenters. The van der Waals surface area contributed by atoms with E-state index >= 15 is 0 Å². The summed E-state index contributed by atoms with van der Waals surface area (Å²) < 4.78 is 81.6. The van der Waals surface area contributed by atoms with Crippen LogP contribution in [-0.2, 0) is 15.1 Å². The van der Waals surface area contributed by atoms with Gasteiger partial charge in [0, 0.05) is 42.9 Å². The zero-order chi connectivity index (χ0) is 25.3. The zero-order valence-electron chi connectivity index (χ0n) is 17.2. The lowest BCUT2D eigenvalue weighted by molar-refractivity contribution is -0.276. The van der Waals surface area contributed by atoms with Gasteiger partial charge in [0.1, 0.15) is 6.33 Å². The molecule has 0 radical (unpaired) electrons. The van der Waals surface area contributed by atoms with Crippen molar-refractivity contribution in [2.75, 3.05) is 4.90 Å². The van der Waals surface area contributed by atoms with Crippen LogP contribution in [0, 0.1) is 0 Å². The maximum Gasteiger partial charge on any atom is 0.574 e. The second-order valence-corrected chi connectivity index (χ2v) is 7.89. The van der Waals surface area contributed by atoms with Crippen LogP contribution in [0.25, 0.3) is 0 Å². The lowest BCUT2D eigenvalue weighted by Gasteiger charge is -2.43. The van der Waals surface area contributed by atoms with Gasteiger partial charge >= 0.3 is 6.36 Å². The summed E-state index contributed by atoms with van der Waals surface area (Å²) in [4.78, 5) is 37.6. The van der Waals surface area contributed by atoms with Crippen LogP contribution < -0.4 is 15.0 Å². The van der Waals surface area contributed by atoms with Crippen LogP contribution >= 0.6 is 11.6 Å². The summed E-state index contributed by atoms with van der Waals surface area (Å²) in [6, 6.07) is 0.704. The molecule has 2 atom stereocenters. The second kappa shape index (κ2) is 9.24. The summed E-state index contributed by atoms with van der Waals surface area (Å²) in [7, 11) is 0. The maximum atomic E-state index is 14.0. The van der Waals surface area contributed by atoms with Crippen molar-refractivity contribution in [3.63, 3.8) is 0 Å². The van der Waals surface area contributed by atoms with Crippen LogP contribution in [0.3, 0.4) is 0 Å². The number of carbonyl (C=O) groups excluding carboxylic acids is 2. The van der Waals surface area contributed by atoms with Crippen LogP contribution in [0.1, 0.15) is 25.3 Å². The molecule has 1 aliphatic carbocycles. The van der Waals surface area contributed by atoms with Crippen molar-refractivity contribution in [3.8, 4) is 5.88 Å². The monoisotopic (exact) mass is 511 g/mol. The summed E-state index contributed by atoms with van der Waals surface area (Å²) in [6.07, 6.45) is -2.28. The first-order chi connectivity index (χ1) is 15.7. The van der Waals surface area contributed by atoms with E-state index in [9.17, 15) is 35.9 Å². The van der Waals surface area contributed by atoms with E-state index in [1.165, 1.54) is 0 Å². The number of pyridine rings is 1. The molecule has 15 heteroatoms. The number of alkyl halides is 7. The van der Waals surface area contributed by atoms with Gasteiger partial charge in [-0.25, -0.2) is 28.1 Å². The molecule has 0 bridgehead atoms. The molecule has 2 aromatic rings. The Bertz CT molecular complexity index is 1030. The summed E-state index contributed by atoms with van der Waals surface area (Å²) in [5.74, 6) is -6.35. The van der Waals surface area contributed by atoms with E-state index in [2.05, 4.69) is 25.0 Å². The number of nitrogens with zero attached hydrogens (tertiary/aromatic N) is 4. The molecule has 1 aliphatic rings. The molecule has 0 spiro atoms. The predicted octanol–water partition coefficient (Wildman–Crippen LogP) is 3.47. The van der Waals surface area contributed by atoms with Crippen molar-refractivity contribution in [1.29, 1.82) is 0 Å². The minimum atomic E-state index is -5.05. The van der Waals surface area contributed by atoms with Crippen molar-refractivity contribution >= 4 is 29.1 Å². The Morgan fingerprint density at radius 2 is 1.82 bits per heavy atom. The third-order valence-corrected chi connectivity index (χ3v) is 5.23. The van der Waals surface area contributed by atoms with Gasteiger partial charge in [0.2, 0.25) is 5.88 Å². The molecule has 3 rings (SSSR count). The fourth-order valence-corrected chi connectivity index (χ4v) is 3.49. The van der Waals surface area contributed by atoms with Gasteiger partial charge in [-0.3, -0.25) is 14.5 Å². The van der Waals surface area contributed by atoms with Crippen molar-refractivity contribution < 1.29 is 40.7 Å². The molecule has 1 fully saturated rings. The standard InChI is InChI=1S/C19H16ClF6N5O3/c1-17(10-6-27-9-28-7-10,16(33)30-11-4-18(22,23)5-11)31(15(32)14(20)21)12-2-3-13(29-8-12)34-19(24,25)26/h2-3,6-9,11,14H,4-5H2,1H3,(H,30,33)/t14-,17-/m0/s1. The van der Waals surface area contributed by atoms with E-state index in [4.69, 9.17) is 11.6 Å². The Hall–Kier alpha value is -3.16. The third kappa shape index (κ3) is 5.48. The third-order valence-electron chi connectivity index (χ3n) is 5.04. The van der Waals surface area contributed by atoms with Gasteiger partial charge < -0.3 is 10.1 Å². The Balaban J connectivity index is 2.06. The van der Waals surface area contributed by atoms with Gasteiger partial charge in [-0.1, -0.05) is 11.6 Å². The highest BCUT2D eigenvalue weighted by molar-refractivity contribution is 6.32. The van der Waals surface area contributed by atoms with Gasteiger partial charge in [0.15, 0.2) is 5.54 Å².